The van der Waals surface area contributed by atoms with Crippen LogP contribution in [0.1, 0.15) is 46.0 Å². The van der Waals surface area contributed by atoms with Crippen LogP contribution in [0.5, 0.6) is 0 Å². The van der Waals surface area contributed by atoms with E-state index in [-0.39, 0.29) is 0 Å². The molecule has 3 nitrogen and oxygen atoms in total. The van der Waals surface area contributed by atoms with Crippen molar-refractivity contribution in [3.05, 3.63) is 0 Å². The molecule has 2 unspecified atom stereocenters. The second kappa shape index (κ2) is 5.17. The van der Waals surface area contributed by atoms with E-state index < -0.39 is 0 Å². The molecule has 0 aromatic heterocycles. The standard InChI is InChI=1S/C13H24N2O/c1-10(14-11(2)12-5-6-12)7-9-15-8-3-4-13(15)16/h10-12,14H,3-9H2,1-2H3. The van der Waals surface area contributed by atoms with E-state index in [2.05, 4.69) is 19.2 Å². The van der Waals surface area contributed by atoms with Gasteiger partial charge < -0.3 is 10.2 Å². The van der Waals surface area contributed by atoms with Crippen molar-refractivity contribution in [1.82, 2.24) is 10.2 Å². The Hall–Kier alpha value is -0.570. The lowest BCUT2D eigenvalue weighted by atomic mass is 10.1. The molecule has 16 heavy (non-hydrogen) atoms. The van der Waals surface area contributed by atoms with Crippen molar-refractivity contribution in [2.75, 3.05) is 13.1 Å². The van der Waals surface area contributed by atoms with Crippen molar-refractivity contribution in [2.45, 2.75) is 58.0 Å². The SMILES string of the molecule is CC(CCN1CCCC1=O)NC(C)C1CC1. The van der Waals surface area contributed by atoms with Gasteiger partial charge in [-0.05, 0) is 45.4 Å². The van der Waals surface area contributed by atoms with E-state index >= 15 is 0 Å². The van der Waals surface area contributed by atoms with E-state index in [9.17, 15) is 4.79 Å². The predicted octanol–water partition coefficient (Wildman–Crippen LogP) is 1.78. The summed E-state index contributed by atoms with van der Waals surface area (Å²) in [6, 6.07) is 1.19. The second-order valence-corrected chi connectivity index (χ2v) is 5.47. The third kappa shape index (κ3) is 3.21. The number of carbonyl (C=O) groups is 1. The highest BCUT2D eigenvalue weighted by molar-refractivity contribution is 5.77. The summed E-state index contributed by atoms with van der Waals surface area (Å²) < 4.78 is 0. The molecule has 1 saturated carbocycles. The highest BCUT2D eigenvalue weighted by Crippen LogP contribution is 2.32. The van der Waals surface area contributed by atoms with Crippen LogP contribution in [-0.4, -0.2) is 36.0 Å². The van der Waals surface area contributed by atoms with E-state index in [1.54, 1.807) is 0 Å². The summed E-state index contributed by atoms with van der Waals surface area (Å²) in [6.45, 7) is 6.43. The molecule has 3 heteroatoms. The summed E-state index contributed by atoms with van der Waals surface area (Å²) in [4.78, 5) is 13.4. The van der Waals surface area contributed by atoms with Gasteiger partial charge in [-0.15, -0.1) is 0 Å². The summed E-state index contributed by atoms with van der Waals surface area (Å²) in [6.07, 6.45) is 5.69. The van der Waals surface area contributed by atoms with Crippen molar-refractivity contribution in [3.8, 4) is 0 Å². The summed E-state index contributed by atoms with van der Waals surface area (Å²) in [5.41, 5.74) is 0. The Morgan fingerprint density at radius 2 is 2.19 bits per heavy atom. The van der Waals surface area contributed by atoms with Crippen LogP contribution < -0.4 is 5.32 Å². The van der Waals surface area contributed by atoms with Crippen LogP contribution in [0.3, 0.4) is 0 Å². The molecule has 0 bridgehead atoms. The van der Waals surface area contributed by atoms with Crippen molar-refractivity contribution >= 4 is 5.91 Å². The summed E-state index contributed by atoms with van der Waals surface area (Å²) >= 11 is 0. The Morgan fingerprint density at radius 1 is 1.44 bits per heavy atom. The van der Waals surface area contributed by atoms with Crippen LogP contribution in [0.4, 0.5) is 0 Å². The molecule has 1 heterocycles. The van der Waals surface area contributed by atoms with E-state index in [0.29, 0.717) is 18.0 Å². The first-order valence-electron chi connectivity index (χ1n) is 6.70. The average molecular weight is 224 g/mol. The zero-order valence-corrected chi connectivity index (χ0v) is 10.5. The smallest absolute Gasteiger partial charge is 0.222 e. The average Bonchev–Trinajstić information content (AvgIpc) is 3.00. The predicted molar refractivity (Wildman–Crippen MR) is 65.2 cm³/mol. The first-order valence-corrected chi connectivity index (χ1v) is 6.70. The number of likely N-dealkylation sites (tertiary alicyclic amines) is 1. The van der Waals surface area contributed by atoms with Crippen LogP contribution in [0.2, 0.25) is 0 Å². The monoisotopic (exact) mass is 224 g/mol. The molecule has 0 radical (unpaired) electrons. The van der Waals surface area contributed by atoms with Crippen LogP contribution in [0.15, 0.2) is 0 Å². The lowest BCUT2D eigenvalue weighted by Gasteiger charge is -2.22. The van der Waals surface area contributed by atoms with E-state index in [4.69, 9.17) is 0 Å². The maximum absolute atomic E-state index is 11.4. The van der Waals surface area contributed by atoms with Crippen LogP contribution >= 0.6 is 0 Å². The Morgan fingerprint density at radius 3 is 2.75 bits per heavy atom. The zero-order valence-electron chi connectivity index (χ0n) is 10.5. The summed E-state index contributed by atoms with van der Waals surface area (Å²) in [5.74, 6) is 1.26. The maximum Gasteiger partial charge on any atom is 0.222 e. The van der Waals surface area contributed by atoms with Crippen LogP contribution in [-0.2, 0) is 4.79 Å². The van der Waals surface area contributed by atoms with Gasteiger partial charge in [-0.2, -0.15) is 0 Å². The molecule has 2 rings (SSSR count). The summed E-state index contributed by atoms with van der Waals surface area (Å²) in [7, 11) is 0. The molecule has 0 spiro atoms. The molecule has 0 aromatic rings. The van der Waals surface area contributed by atoms with Crippen molar-refractivity contribution < 1.29 is 4.79 Å². The van der Waals surface area contributed by atoms with E-state index in [1.165, 1.54) is 12.8 Å². The van der Waals surface area contributed by atoms with Gasteiger partial charge in [0.25, 0.3) is 0 Å². The lowest BCUT2D eigenvalue weighted by molar-refractivity contribution is -0.127. The Bertz CT molecular complexity index is 250. The fourth-order valence-electron chi connectivity index (χ4n) is 2.55. The fourth-order valence-corrected chi connectivity index (χ4v) is 2.55. The first kappa shape index (κ1) is 11.9. The summed E-state index contributed by atoms with van der Waals surface area (Å²) in [5, 5.41) is 3.64. The Balaban J connectivity index is 1.62. The molecule has 2 aliphatic rings. The van der Waals surface area contributed by atoms with Crippen LogP contribution in [0.25, 0.3) is 0 Å². The highest BCUT2D eigenvalue weighted by atomic mass is 16.2. The Labute approximate surface area is 98.6 Å². The number of amides is 1. The van der Waals surface area contributed by atoms with Gasteiger partial charge in [-0.3, -0.25) is 4.79 Å². The first-order chi connectivity index (χ1) is 7.66. The maximum atomic E-state index is 11.4. The topological polar surface area (TPSA) is 32.3 Å². The number of hydrogen-bond donors (Lipinski definition) is 1. The minimum atomic E-state index is 0.349. The van der Waals surface area contributed by atoms with E-state index in [0.717, 1.165) is 38.3 Å². The largest absolute Gasteiger partial charge is 0.343 e. The Kier molecular flexibility index (Phi) is 3.85. The van der Waals surface area contributed by atoms with Crippen LogP contribution in [0, 0.1) is 5.92 Å². The van der Waals surface area contributed by atoms with Gasteiger partial charge in [-0.1, -0.05) is 0 Å². The second-order valence-electron chi connectivity index (χ2n) is 5.47. The number of hydrogen-bond acceptors (Lipinski definition) is 2. The molecular weight excluding hydrogens is 200 g/mol. The lowest BCUT2D eigenvalue weighted by Crippen LogP contribution is -2.38. The third-order valence-electron chi connectivity index (χ3n) is 3.88. The normalized spacial score (nSPS) is 24.9. The van der Waals surface area contributed by atoms with Gasteiger partial charge in [0, 0.05) is 31.6 Å². The molecule has 0 aromatic carbocycles. The molecule has 1 aliphatic carbocycles. The van der Waals surface area contributed by atoms with Gasteiger partial charge in [0.1, 0.15) is 0 Å². The van der Waals surface area contributed by atoms with Gasteiger partial charge in [-0.25, -0.2) is 0 Å². The zero-order chi connectivity index (χ0) is 11.5. The van der Waals surface area contributed by atoms with E-state index in [1.807, 2.05) is 4.90 Å². The van der Waals surface area contributed by atoms with Crippen molar-refractivity contribution in [1.29, 1.82) is 0 Å². The van der Waals surface area contributed by atoms with Crippen molar-refractivity contribution in [2.24, 2.45) is 5.92 Å². The minimum Gasteiger partial charge on any atom is -0.343 e. The van der Waals surface area contributed by atoms with Gasteiger partial charge in [0.05, 0.1) is 0 Å². The number of rotatable bonds is 6. The van der Waals surface area contributed by atoms with Gasteiger partial charge >= 0.3 is 0 Å². The molecule has 2 atom stereocenters. The quantitative estimate of drug-likeness (QED) is 0.746. The highest BCUT2D eigenvalue weighted by Gasteiger charge is 2.28. The molecule has 1 saturated heterocycles. The number of nitrogens with one attached hydrogen (secondary N) is 1. The minimum absolute atomic E-state index is 0.349. The molecule has 1 N–H and O–H groups in total. The third-order valence-corrected chi connectivity index (χ3v) is 3.88. The molecule has 1 aliphatic heterocycles. The van der Waals surface area contributed by atoms with Crippen molar-refractivity contribution in [3.63, 3.8) is 0 Å². The molecule has 1 amide bonds. The molecule has 2 fully saturated rings. The van der Waals surface area contributed by atoms with Gasteiger partial charge in [0.2, 0.25) is 5.91 Å². The molecule has 92 valence electrons. The molecular formula is C13H24N2O. The fraction of sp³-hybridized carbons (Fsp3) is 0.923. The number of nitrogens with zero attached hydrogens (tertiary/aromatic N) is 1. The number of carbonyl (C=O) groups excluding carboxylic acids is 1. The van der Waals surface area contributed by atoms with Gasteiger partial charge in [0.15, 0.2) is 0 Å².